The minimum atomic E-state index is -0.507. The molecule has 0 unspecified atom stereocenters. The summed E-state index contributed by atoms with van der Waals surface area (Å²) in [4.78, 5) is 23.4. The smallest absolute Gasteiger partial charge is 0.424 e. The van der Waals surface area contributed by atoms with Crippen molar-refractivity contribution in [1.82, 2.24) is 20.2 Å². The molecule has 1 N–H and O–H groups in total. The number of carbonyl (C=O) groups is 2. The first-order chi connectivity index (χ1) is 11.5. The maximum atomic E-state index is 11.9. The molecule has 0 fully saturated rings. The van der Waals surface area contributed by atoms with E-state index in [9.17, 15) is 9.59 Å². The number of carbonyl (C=O) groups excluding carboxylic acids is 2. The highest BCUT2D eigenvalue weighted by Crippen LogP contribution is 2.05. The molecule has 1 amide bonds. The maximum Gasteiger partial charge on any atom is 0.424 e. The van der Waals surface area contributed by atoms with Gasteiger partial charge in [-0.25, -0.2) is 20.0 Å². The van der Waals surface area contributed by atoms with Crippen molar-refractivity contribution in [2.24, 2.45) is 7.05 Å². The Labute approximate surface area is 139 Å². The largest absolute Gasteiger partial charge is 0.464 e. The Kier molecular flexibility index (Phi) is 5.91. The zero-order valence-electron chi connectivity index (χ0n) is 13.9. The number of aromatic nitrogens is 2. The van der Waals surface area contributed by atoms with Gasteiger partial charge in [0.1, 0.15) is 6.61 Å². The van der Waals surface area contributed by atoms with Crippen LogP contribution in [0.2, 0.25) is 0 Å². The summed E-state index contributed by atoms with van der Waals surface area (Å²) in [6.45, 7) is 0.501. The standard InChI is InChI=1S/C16H20N4O4/c1-19-13(9-14(18-19)15(21)23-3)10-17-20(2)16(22)24-11-12-7-5-4-6-8-12/h4-9,17H,10-11H2,1-3H3. The number of esters is 1. The molecule has 0 aliphatic rings. The van der Waals surface area contributed by atoms with E-state index in [1.165, 1.54) is 12.1 Å². The van der Waals surface area contributed by atoms with Crippen LogP contribution in [-0.2, 0) is 29.7 Å². The van der Waals surface area contributed by atoms with E-state index in [1.54, 1.807) is 24.8 Å². The third-order valence-electron chi connectivity index (χ3n) is 3.35. The second-order valence-corrected chi connectivity index (χ2v) is 5.07. The lowest BCUT2D eigenvalue weighted by Crippen LogP contribution is -2.39. The number of rotatable bonds is 6. The molecule has 0 atom stereocenters. The van der Waals surface area contributed by atoms with Crippen LogP contribution in [0.25, 0.3) is 0 Å². The number of hydrazine groups is 1. The van der Waals surface area contributed by atoms with Gasteiger partial charge in [0.15, 0.2) is 5.69 Å². The van der Waals surface area contributed by atoms with Crippen LogP contribution in [0.5, 0.6) is 0 Å². The number of nitrogens with zero attached hydrogens (tertiary/aromatic N) is 3. The van der Waals surface area contributed by atoms with Crippen LogP contribution in [0.3, 0.4) is 0 Å². The van der Waals surface area contributed by atoms with Crippen molar-refractivity contribution in [3.63, 3.8) is 0 Å². The van der Waals surface area contributed by atoms with Gasteiger partial charge in [-0.3, -0.25) is 4.68 Å². The molecule has 0 aliphatic heterocycles. The normalized spacial score (nSPS) is 10.3. The summed E-state index contributed by atoms with van der Waals surface area (Å²) in [5, 5.41) is 5.29. The molecule has 2 rings (SSSR count). The topological polar surface area (TPSA) is 85.7 Å². The van der Waals surface area contributed by atoms with Crippen LogP contribution in [-0.4, -0.2) is 41.0 Å². The highest BCUT2D eigenvalue weighted by molar-refractivity contribution is 5.87. The van der Waals surface area contributed by atoms with E-state index in [0.29, 0.717) is 6.54 Å². The molecule has 1 aromatic heterocycles. The Morgan fingerprint density at radius 1 is 1.29 bits per heavy atom. The first-order valence-corrected chi connectivity index (χ1v) is 7.30. The highest BCUT2D eigenvalue weighted by atomic mass is 16.6. The molecular formula is C16H20N4O4. The van der Waals surface area contributed by atoms with E-state index >= 15 is 0 Å². The van der Waals surface area contributed by atoms with E-state index in [4.69, 9.17) is 4.74 Å². The molecule has 2 aromatic rings. The van der Waals surface area contributed by atoms with Crippen molar-refractivity contribution < 1.29 is 19.1 Å². The Bertz CT molecular complexity index is 699. The van der Waals surface area contributed by atoms with Crippen molar-refractivity contribution in [3.8, 4) is 0 Å². The number of nitrogens with one attached hydrogen (secondary N) is 1. The van der Waals surface area contributed by atoms with Crippen LogP contribution < -0.4 is 5.43 Å². The van der Waals surface area contributed by atoms with Crippen molar-refractivity contribution in [3.05, 3.63) is 53.3 Å². The molecule has 1 heterocycles. The second kappa shape index (κ2) is 8.11. The fourth-order valence-corrected chi connectivity index (χ4v) is 1.96. The van der Waals surface area contributed by atoms with Gasteiger partial charge in [-0.15, -0.1) is 0 Å². The Morgan fingerprint density at radius 3 is 2.67 bits per heavy atom. The van der Waals surface area contributed by atoms with E-state index < -0.39 is 12.1 Å². The third-order valence-corrected chi connectivity index (χ3v) is 3.35. The molecule has 0 saturated heterocycles. The molecule has 0 saturated carbocycles. The van der Waals surface area contributed by atoms with E-state index in [1.807, 2.05) is 30.3 Å². The van der Waals surface area contributed by atoms with Gasteiger partial charge < -0.3 is 9.47 Å². The fourth-order valence-electron chi connectivity index (χ4n) is 1.96. The van der Waals surface area contributed by atoms with Gasteiger partial charge in [0.2, 0.25) is 0 Å². The van der Waals surface area contributed by atoms with Gasteiger partial charge >= 0.3 is 12.1 Å². The molecule has 8 heteroatoms. The number of hydrogen-bond acceptors (Lipinski definition) is 6. The predicted octanol–water partition coefficient (Wildman–Crippen LogP) is 1.48. The van der Waals surface area contributed by atoms with Gasteiger partial charge in [-0.05, 0) is 11.6 Å². The number of methoxy groups -OCH3 is 1. The number of aryl methyl sites for hydroxylation is 1. The van der Waals surface area contributed by atoms with Crippen LogP contribution in [0, 0.1) is 0 Å². The van der Waals surface area contributed by atoms with Gasteiger partial charge in [0.05, 0.1) is 19.3 Å². The summed E-state index contributed by atoms with van der Waals surface area (Å²) in [7, 11) is 4.56. The lowest BCUT2D eigenvalue weighted by atomic mass is 10.2. The van der Waals surface area contributed by atoms with Gasteiger partial charge in [0, 0.05) is 14.1 Å². The Balaban J connectivity index is 1.84. The highest BCUT2D eigenvalue weighted by Gasteiger charge is 2.15. The summed E-state index contributed by atoms with van der Waals surface area (Å²) in [6.07, 6.45) is -0.505. The van der Waals surface area contributed by atoms with Crippen molar-refractivity contribution in [2.75, 3.05) is 14.2 Å². The lowest BCUT2D eigenvalue weighted by Gasteiger charge is -2.18. The van der Waals surface area contributed by atoms with Gasteiger partial charge in [0.25, 0.3) is 0 Å². The van der Waals surface area contributed by atoms with Crippen LogP contribution >= 0.6 is 0 Å². The SMILES string of the molecule is COC(=O)c1cc(CNN(C)C(=O)OCc2ccccc2)n(C)n1. The fraction of sp³-hybridized carbons (Fsp3) is 0.312. The maximum absolute atomic E-state index is 11.9. The molecule has 24 heavy (non-hydrogen) atoms. The van der Waals surface area contributed by atoms with Gasteiger partial charge in [-0.2, -0.15) is 5.10 Å². The summed E-state index contributed by atoms with van der Waals surface area (Å²) < 4.78 is 11.4. The quantitative estimate of drug-likeness (QED) is 0.637. The predicted molar refractivity (Wildman–Crippen MR) is 85.8 cm³/mol. The summed E-state index contributed by atoms with van der Waals surface area (Å²) >= 11 is 0. The number of hydrogen-bond donors (Lipinski definition) is 1. The molecule has 8 nitrogen and oxygen atoms in total. The molecule has 0 bridgehead atoms. The summed E-state index contributed by atoms with van der Waals surface area (Å²) in [5.41, 5.74) is 4.74. The van der Waals surface area contributed by atoms with Crippen molar-refractivity contribution >= 4 is 12.1 Å². The van der Waals surface area contributed by atoms with Crippen molar-refractivity contribution in [1.29, 1.82) is 0 Å². The summed E-state index contributed by atoms with van der Waals surface area (Å²) in [5.74, 6) is -0.507. The number of ether oxygens (including phenoxy) is 2. The van der Waals surface area contributed by atoms with Crippen LogP contribution in [0.1, 0.15) is 21.7 Å². The van der Waals surface area contributed by atoms with Crippen LogP contribution in [0.15, 0.2) is 36.4 Å². The molecule has 128 valence electrons. The number of amides is 1. The molecule has 0 spiro atoms. The average Bonchev–Trinajstić information content (AvgIpc) is 2.98. The Hall–Kier alpha value is -2.87. The third kappa shape index (κ3) is 4.56. The Morgan fingerprint density at radius 2 is 2.00 bits per heavy atom. The zero-order chi connectivity index (χ0) is 17.5. The molecular weight excluding hydrogens is 312 g/mol. The molecule has 0 radical (unpaired) electrons. The lowest BCUT2D eigenvalue weighted by molar-refractivity contribution is 0.0593. The molecule has 1 aromatic carbocycles. The van der Waals surface area contributed by atoms with Gasteiger partial charge in [-0.1, -0.05) is 30.3 Å². The van der Waals surface area contributed by atoms with E-state index in [-0.39, 0.29) is 12.3 Å². The van der Waals surface area contributed by atoms with Crippen LogP contribution in [0.4, 0.5) is 4.79 Å². The zero-order valence-corrected chi connectivity index (χ0v) is 13.9. The molecule has 0 aliphatic carbocycles. The van der Waals surface area contributed by atoms with E-state index in [2.05, 4.69) is 15.3 Å². The summed E-state index contributed by atoms with van der Waals surface area (Å²) in [6, 6.07) is 11.0. The first-order valence-electron chi connectivity index (χ1n) is 7.30. The van der Waals surface area contributed by atoms with Crippen molar-refractivity contribution in [2.45, 2.75) is 13.2 Å². The first kappa shape index (κ1) is 17.5. The number of benzene rings is 1. The monoisotopic (exact) mass is 332 g/mol. The average molecular weight is 332 g/mol. The van der Waals surface area contributed by atoms with E-state index in [0.717, 1.165) is 11.3 Å². The minimum absolute atomic E-state index is 0.198. The minimum Gasteiger partial charge on any atom is -0.464 e. The second-order valence-electron chi connectivity index (χ2n) is 5.07.